The van der Waals surface area contributed by atoms with E-state index in [2.05, 4.69) is 11.8 Å². The molecule has 0 unspecified atom stereocenters. The van der Waals surface area contributed by atoms with Gasteiger partial charge in [-0.15, -0.1) is 0 Å². The zero-order chi connectivity index (χ0) is 13.8. The van der Waals surface area contributed by atoms with Crippen LogP contribution in [0.1, 0.15) is 54.9 Å². The predicted octanol–water partition coefficient (Wildman–Crippen LogP) is 3.85. The van der Waals surface area contributed by atoms with Crippen molar-refractivity contribution < 1.29 is 9.90 Å². The molecule has 1 fully saturated rings. The number of carboxylic acids is 1. The number of carbonyl (C=O) groups is 1. The molecule has 0 spiro atoms. The topological polar surface area (TPSA) is 40.5 Å². The minimum Gasteiger partial charge on any atom is -0.478 e. The lowest BCUT2D eigenvalue weighted by molar-refractivity contribution is 0.0697. The Morgan fingerprint density at radius 3 is 2.53 bits per heavy atom. The quantitative estimate of drug-likeness (QED) is 0.895. The maximum atomic E-state index is 11.0. The fourth-order valence-corrected chi connectivity index (χ4v) is 3.13. The second kappa shape index (κ2) is 6.09. The van der Waals surface area contributed by atoms with E-state index in [4.69, 9.17) is 5.11 Å². The molecule has 3 heteroatoms. The van der Waals surface area contributed by atoms with Gasteiger partial charge in [0.25, 0.3) is 0 Å². The van der Waals surface area contributed by atoms with E-state index in [0.29, 0.717) is 11.6 Å². The summed E-state index contributed by atoms with van der Waals surface area (Å²) in [6.45, 7) is 5.17. The number of nitrogens with zero attached hydrogens (tertiary/aromatic N) is 1. The maximum absolute atomic E-state index is 11.0. The van der Waals surface area contributed by atoms with Crippen molar-refractivity contribution in [2.24, 2.45) is 0 Å². The first-order chi connectivity index (χ1) is 9.13. The molecule has 19 heavy (non-hydrogen) atoms. The van der Waals surface area contributed by atoms with E-state index in [1.54, 1.807) is 12.1 Å². The molecule has 3 nitrogen and oxygen atoms in total. The summed E-state index contributed by atoms with van der Waals surface area (Å²) in [5.41, 5.74) is 2.63. The number of carboxylic acid groups (broad SMARTS) is 1. The highest BCUT2D eigenvalue weighted by molar-refractivity contribution is 5.88. The summed E-state index contributed by atoms with van der Waals surface area (Å²) in [5, 5.41) is 9.03. The predicted molar refractivity (Wildman–Crippen MR) is 78.0 cm³/mol. The lowest BCUT2D eigenvalue weighted by Gasteiger charge is -2.36. The van der Waals surface area contributed by atoms with Crippen LogP contribution in [0.2, 0.25) is 0 Å². The summed E-state index contributed by atoms with van der Waals surface area (Å²) in [6.07, 6.45) is 6.49. The Kier molecular flexibility index (Phi) is 4.46. The van der Waals surface area contributed by atoms with Crippen LogP contribution in [0.3, 0.4) is 0 Å². The molecule has 1 aliphatic carbocycles. The first-order valence-corrected chi connectivity index (χ1v) is 7.24. The third-order valence-corrected chi connectivity index (χ3v) is 4.11. The first-order valence-electron chi connectivity index (χ1n) is 7.24. The van der Waals surface area contributed by atoms with E-state index in [1.807, 2.05) is 13.0 Å². The van der Waals surface area contributed by atoms with Crippen molar-refractivity contribution in [3.63, 3.8) is 0 Å². The van der Waals surface area contributed by atoms with Gasteiger partial charge in [-0.3, -0.25) is 0 Å². The highest BCUT2D eigenvalue weighted by atomic mass is 16.4. The van der Waals surface area contributed by atoms with Gasteiger partial charge in [-0.05, 0) is 50.5 Å². The normalized spacial score (nSPS) is 16.3. The first kappa shape index (κ1) is 13.9. The third-order valence-electron chi connectivity index (χ3n) is 4.11. The van der Waals surface area contributed by atoms with Gasteiger partial charge < -0.3 is 10.0 Å². The van der Waals surface area contributed by atoms with Crippen molar-refractivity contribution in [3.8, 4) is 0 Å². The highest BCUT2D eigenvalue weighted by Gasteiger charge is 2.21. The molecular formula is C16H23NO2. The Labute approximate surface area is 115 Å². The largest absolute Gasteiger partial charge is 0.478 e. The van der Waals surface area contributed by atoms with Crippen molar-refractivity contribution in [1.82, 2.24) is 0 Å². The van der Waals surface area contributed by atoms with Crippen molar-refractivity contribution >= 4 is 11.7 Å². The van der Waals surface area contributed by atoms with E-state index < -0.39 is 5.97 Å². The minimum atomic E-state index is -0.852. The van der Waals surface area contributed by atoms with Gasteiger partial charge in [0.2, 0.25) is 0 Å². The smallest absolute Gasteiger partial charge is 0.335 e. The van der Waals surface area contributed by atoms with E-state index >= 15 is 0 Å². The lowest BCUT2D eigenvalue weighted by atomic mass is 9.93. The minimum absolute atomic E-state index is 0.376. The van der Waals surface area contributed by atoms with Gasteiger partial charge in [0.1, 0.15) is 0 Å². The van der Waals surface area contributed by atoms with Crippen molar-refractivity contribution in [1.29, 1.82) is 0 Å². The monoisotopic (exact) mass is 261 g/mol. The molecular weight excluding hydrogens is 238 g/mol. The van der Waals surface area contributed by atoms with E-state index in [0.717, 1.165) is 12.1 Å². The Morgan fingerprint density at radius 2 is 2.00 bits per heavy atom. The number of aromatic carboxylic acids is 1. The van der Waals surface area contributed by atoms with Crippen LogP contribution in [0, 0.1) is 6.92 Å². The molecule has 0 atom stereocenters. The molecule has 0 heterocycles. The van der Waals surface area contributed by atoms with Gasteiger partial charge >= 0.3 is 5.97 Å². The van der Waals surface area contributed by atoms with Gasteiger partial charge in [0.05, 0.1) is 5.56 Å². The molecule has 1 N–H and O–H groups in total. The average Bonchev–Trinajstić information content (AvgIpc) is 2.42. The molecule has 0 aromatic heterocycles. The van der Waals surface area contributed by atoms with Crippen LogP contribution in [0.25, 0.3) is 0 Å². The van der Waals surface area contributed by atoms with E-state index in [9.17, 15) is 4.79 Å². The van der Waals surface area contributed by atoms with E-state index in [-0.39, 0.29) is 0 Å². The third kappa shape index (κ3) is 3.09. The van der Waals surface area contributed by atoms with Crippen LogP contribution in [-0.4, -0.2) is 23.7 Å². The van der Waals surface area contributed by atoms with Crippen LogP contribution < -0.4 is 4.90 Å². The Bertz CT molecular complexity index is 450. The van der Waals surface area contributed by atoms with Crippen LogP contribution in [0.5, 0.6) is 0 Å². The number of hydrogen-bond acceptors (Lipinski definition) is 2. The van der Waals surface area contributed by atoms with Crippen molar-refractivity contribution in [2.45, 2.75) is 52.0 Å². The standard InChI is InChI=1S/C16H23NO2/c1-3-17(14-7-5-4-6-8-14)15-10-9-13(16(18)19)11-12(15)2/h9-11,14H,3-8H2,1-2H3,(H,18,19). The van der Waals surface area contributed by atoms with Crippen molar-refractivity contribution in [2.75, 3.05) is 11.4 Å². The molecule has 1 aromatic rings. The molecule has 0 saturated heterocycles. The molecule has 1 aliphatic rings. The molecule has 0 bridgehead atoms. The van der Waals surface area contributed by atoms with Gasteiger partial charge in [0.15, 0.2) is 0 Å². The van der Waals surface area contributed by atoms with Crippen LogP contribution in [-0.2, 0) is 0 Å². The summed E-state index contributed by atoms with van der Waals surface area (Å²) in [6, 6.07) is 6.09. The SMILES string of the molecule is CCN(c1ccc(C(=O)O)cc1C)C1CCCCC1. The second-order valence-corrected chi connectivity index (χ2v) is 5.38. The zero-order valence-corrected chi connectivity index (χ0v) is 11.9. The summed E-state index contributed by atoms with van der Waals surface area (Å²) in [7, 11) is 0. The van der Waals surface area contributed by atoms with Crippen molar-refractivity contribution in [3.05, 3.63) is 29.3 Å². The Hall–Kier alpha value is -1.51. The number of anilines is 1. The summed E-state index contributed by atoms with van der Waals surface area (Å²) in [4.78, 5) is 13.4. The number of hydrogen-bond donors (Lipinski definition) is 1. The summed E-state index contributed by atoms with van der Waals surface area (Å²) < 4.78 is 0. The molecule has 0 aliphatic heterocycles. The average molecular weight is 261 g/mol. The molecule has 1 saturated carbocycles. The van der Waals surface area contributed by atoms with Crippen LogP contribution >= 0.6 is 0 Å². The zero-order valence-electron chi connectivity index (χ0n) is 11.9. The highest BCUT2D eigenvalue weighted by Crippen LogP contribution is 2.29. The van der Waals surface area contributed by atoms with E-state index in [1.165, 1.54) is 37.8 Å². The molecule has 0 amide bonds. The van der Waals surface area contributed by atoms with Crippen LogP contribution in [0.15, 0.2) is 18.2 Å². The van der Waals surface area contributed by atoms with Gasteiger partial charge in [-0.2, -0.15) is 0 Å². The van der Waals surface area contributed by atoms with Gasteiger partial charge in [-0.25, -0.2) is 4.79 Å². The molecule has 104 valence electrons. The fourth-order valence-electron chi connectivity index (χ4n) is 3.13. The summed E-state index contributed by atoms with van der Waals surface area (Å²) in [5.74, 6) is -0.852. The molecule has 0 radical (unpaired) electrons. The number of benzene rings is 1. The second-order valence-electron chi connectivity index (χ2n) is 5.38. The fraction of sp³-hybridized carbons (Fsp3) is 0.562. The maximum Gasteiger partial charge on any atom is 0.335 e. The number of aryl methyl sites for hydroxylation is 1. The summed E-state index contributed by atoms with van der Waals surface area (Å²) >= 11 is 0. The Balaban J connectivity index is 2.24. The Morgan fingerprint density at radius 1 is 1.32 bits per heavy atom. The van der Waals surface area contributed by atoms with Gasteiger partial charge in [0, 0.05) is 18.3 Å². The van der Waals surface area contributed by atoms with Gasteiger partial charge in [-0.1, -0.05) is 19.3 Å². The number of rotatable bonds is 4. The van der Waals surface area contributed by atoms with Crippen LogP contribution in [0.4, 0.5) is 5.69 Å². The molecule has 1 aromatic carbocycles. The molecule has 2 rings (SSSR count). The lowest BCUT2D eigenvalue weighted by Crippen LogP contribution is -2.37.